The maximum absolute atomic E-state index is 12.5. The lowest BCUT2D eigenvalue weighted by molar-refractivity contribution is -0.136. The van der Waals surface area contributed by atoms with Gasteiger partial charge in [-0.05, 0) is 5.56 Å². The van der Waals surface area contributed by atoms with Gasteiger partial charge in [-0.15, -0.1) is 0 Å². The first-order valence-electron chi connectivity index (χ1n) is 8.92. The lowest BCUT2D eigenvalue weighted by Crippen LogP contribution is -2.44. The molecule has 9 nitrogen and oxygen atoms in total. The highest BCUT2D eigenvalue weighted by Gasteiger charge is 2.32. The predicted octanol–water partition coefficient (Wildman–Crippen LogP) is -0.195. The Labute approximate surface area is 156 Å². The minimum absolute atomic E-state index is 0.0460. The molecule has 1 aromatic carbocycles. The van der Waals surface area contributed by atoms with Crippen LogP contribution in [0, 0.1) is 0 Å². The zero-order valence-corrected chi connectivity index (χ0v) is 14.8. The fourth-order valence-electron chi connectivity index (χ4n) is 3.31. The van der Waals surface area contributed by atoms with Gasteiger partial charge in [-0.2, -0.15) is 5.10 Å². The number of imide groups is 1. The summed E-state index contributed by atoms with van der Waals surface area (Å²) in [6, 6.07) is 9.54. The molecular formula is C18H20N6O3. The van der Waals surface area contributed by atoms with Gasteiger partial charge in [0, 0.05) is 25.9 Å². The number of carbonyl (C=O) groups excluding carboxylic acids is 3. The van der Waals surface area contributed by atoms with Crippen molar-refractivity contribution in [1.82, 2.24) is 29.9 Å². The number of nitrogens with one attached hydrogen (secondary N) is 1. The van der Waals surface area contributed by atoms with E-state index in [0.717, 1.165) is 22.1 Å². The van der Waals surface area contributed by atoms with Gasteiger partial charge in [0.1, 0.15) is 12.4 Å². The number of hydrogen-bond acceptors (Lipinski definition) is 5. The summed E-state index contributed by atoms with van der Waals surface area (Å²) in [5.41, 5.74) is 1.16. The van der Waals surface area contributed by atoms with E-state index in [2.05, 4.69) is 15.4 Å². The molecule has 1 N–H and O–H groups in total. The summed E-state index contributed by atoms with van der Waals surface area (Å²) in [4.78, 5) is 43.0. The quantitative estimate of drug-likeness (QED) is 0.754. The third kappa shape index (κ3) is 3.67. The molecule has 3 heterocycles. The molecule has 27 heavy (non-hydrogen) atoms. The average Bonchev–Trinajstić information content (AvgIpc) is 3.12. The van der Waals surface area contributed by atoms with E-state index in [4.69, 9.17) is 0 Å². The number of hydrogen-bond donors (Lipinski definition) is 1. The van der Waals surface area contributed by atoms with Gasteiger partial charge in [0.25, 0.3) is 5.91 Å². The van der Waals surface area contributed by atoms with Crippen molar-refractivity contribution >= 4 is 17.8 Å². The molecule has 2 aliphatic heterocycles. The van der Waals surface area contributed by atoms with Crippen molar-refractivity contribution in [2.24, 2.45) is 0 Å². The molecule has 4 amide bonds. The van der Waals surface area contributed by atoms with Crippen LogP contribution in [0.5, 0.6) is 0 Å². The van der Waals surface area contributed by atoms with Crippen LogP contribution < -0.4 is 5.32 Å². The van der Waals surface area contributed by atoms with Crippen LogP contribution in [0.15, 0.2) is 30.3 Å². The van der Waals surface area contributed by atoms with Crippen LogP contribution in [0.3, 0.4) is 0 Å². The van der Waals surface area contributed by atoms with E-state index in [1.165, 1.54) is 0 Å². The third-order valence-corrected chi connectivity index (χ3v) is 4.77. The smallest absolute Gasteiger partial charge is 0.325 e. The zero-order valence-electron chi connectivity index (χ0n) is 14.8. The Balaban J connectivity index is 1.37. The highest BCUT2D eigenvalue weighted by atomic mass is 16.2. The van der Waals surface area contributed by atoms with Crippen molar-refractivity contribution in [2.75, 3.05) is 26.2 Å². The molecule has 2 aliphatic rings. The Morgan fingerprint density at radius 3 is 2.67 bits per heavy atom. The molecule has 1 fully saturated rings. The van der Waals surface area contributed by atoms with Crippen LogP contribution >= 0.6 is 0 Å². The van der Waals surface area contributed by atoms with Gasteiger partial charge in [0.15, 0.2) is 5.82 Å². The van der Waals surface area contributed by atoms with Crippen molar-refractivity contribution in [2.45, 2.75) is 19.4 Å². The second-order valence-corrected chi connectivity index (χ2v) is 6.60. The second kappa shape index (κ2) is 7.18. The van der Waals surface area contributed by atoms with Gasteiger partial charge < -0.3 is 10.2 Å². The highest BCUT2D eigenvalue weighted by Crippen LogP contribution is 2.11. The maximum atomic E-state index is 12.5. The number of fused-ring (bicyclic) bond motifs is 1. The first-order valence-corrected chi connectivity index (χ1v) is 8.92. The van der Waals surface area contributed by atoms with E-state index in [9.17, 15) is 14.4 Å². The molecule has 0 bridgehead atoms. The maximum Gasteiger partial charge on any atom is 0.325 e. The van der Waals surface area contributed by atoms with Crippen molar-refractivity contribution in [3.63, 3.8) is 0 Å². The number of nitrogens with zero attached hydrogens (tertiary/aromatic N) is 5. The van der Waals surface area contributed by atoms with Crippen molar-refractivity contribution in [3.05, 3.63) is 47.5 Å². The molecule has 0 saturated carbocycles. The van der Waals surface area contributed by atoms with Crippen LogP contribution in [0.4, 0.5) is 4.79 Å². The van der Waals surface area contributed by atoms with Crippen LogP contribution in [-0.2, 0) is 29.0 Å². The van der Waals surface area contributed by atoms with Gasteiger partial charge in [-0.1, -0.05) is 30.3 Å². The van der Waals surface area contributed by atoms with Crippen LogP contribution in [0.2, 0.25) is 0 Å². The van der Waals surface area contributed by atoms with Crippen molar-refractivity contribution in [1.29, 1.82) is 0 Å². The summed E-state index contributed by atoms with van der Waals surface area (Å²) in [6.45, 7) is 1.24. The third-order valence-electron chi connectivity index (χ3n) is 4.77. The van der Waals surface area contributed by atoms with Gasteiger partial charge in [0.05, 0.1) is 13.1 Å². The van der Waals surface area contributed by atoms with Gasteiger partial charge in [-0.25, -0.2) is 14.5 Å². The largest absolute Gasteiger partial charge is 0.339 e. The molecule has 0 radical (unpaired) electrons. The summed E-state index contributed by atoms with van der Waals surface area (Å²) in [5.74, 6) is 1.01. The Bertz CT molecular complexity index is 837. The number of benzene rings is 1. The molecule has 2 aromatic rings. The molecule has 1 saturated heterocycles. The number of rotatable bonds is 4. The molecule has 4 rings (SSSR count). The topological polar surface area (TPSA) is 100 Å². The second-order valence-electron chi connectivity index (χ2n) is 6.60. The van der Waals surface area contributed by atoms with E-state index >= 15 is 0 Å². The normalized spacial score (nSPS) is 16.9. The monoisotopic (exact) mass is 368 g/mol. The van der Waals surface area contributed by atoms with E-state index in [1.54, 1.807) is 4.90 Å². The highest BCUT2D eigenvalue weighted by molar-refractivity contribution is 6.04. The number of carbonyl (C=O) groups is 3. The minimum Gasteiger partial charge on any atom is -0.339 e. The molecule has 0 spiro atoms. The van der Waals surface area contributed by atoms with Gasteiger partial charge in [-0.3, -0.25) is 14.5 Å². The Morgan fingerprint density at radius 2 is 1.93 bits per heavy atom. The summed E-state index contributed by atoms with van der Waals surface area (Å²) in [7, 11) is 0. The molecule has 140 valence electrons. The van der Waals surface area contributed by atoms with Crippen molar-refractivity contribution in [3.8, 4) is 0 Å². The zero-order chi connectivity index (χ0) is 18.8. The van der Waals surface area contributed by atoms with E-state index < -0.39 is 6.03 Å². The standard InChI is InChI=1S/C18H20N6O3/c25-16-11-19-18(27)23(16)12-17(26)22-7-6-15-20-14(21-24(15)9-8-22)10-13-4-2-1-3-5-13/h1-5H,6-12H2,(H,19,27). The Morgan fingerprint density at radius 1 is 1.11 bits per heavy atom. The number of aromatic nitrogens is 3. The predicted molar refractivity (Wildman–Crippen MR) is 94.7 cm³/mol. The lowest BCUT2D eigenvalue weighted by atomic mass is 10.1. The molecule has 1 aromatic heterocycles. The Kier molecular flexibility index (Phi) is 4.57. The summed E-state index contributed by atoms with van der Waals surface area (Å²) >= 11 is 0. The summed E-state index contributed by atoms with van der Waals surface area (Å²) < 4.78 is 1.85. The fraction of sp³-hybridized carbons (Fsp3) is 0.389. The number of amides is 4. The van der Waals surface area contributed by atoms with Gasteiger partial charge in [0.2, 0.25) is 5.91 Å². The Hall–Kier alpha value is -3.23. The lowest BCUT2D eigenvalue weighted by Gasteiger charge is -2.22. The van der Waals surface area contributed by atoms with E-state index in [-0.39, 0.29) is 24.9 Å². The minimum atomic E-state index is -0.511. The molecule has 0 atom stereocenters. The molecular weight excluding hydrogens is 348 g/mol. The first-order chi connectivity index (χ1) is 13.1. The van der Waals surface area contributed by atoms with E-state index in [1.807, 2.05) is 35.0 Å². The van der Waals surface area contributed by atoms with Crippen LogP contribution in [0.1, 0.15) is 17.2 Å². The van der Waals surface area contributed by atoms with Gasteiger partial charge >= 0.3 is 6.03 Å². The molecule has 0 aliphatic carbocycles. The van der Waals surface area contributed by atoms with E-state index in [0.29, 0.717) is 32.5 Å². The van der Waals surface area contributed by atoms with Crippen LogP contribution in [-0.4, -0.2) is 68.6 Å². The SMILES string of the molecule is O=C(CN1C(=O)CNC1=O)N1CCc2nc(Cc3ccccc3)nn2CC1. The summed E-state index contributed by atoms with van der Waals surface area (Å²) in [6.07, 6.45) is 1.27. The van der Waals surface area contributed by atoms with Crippen molar-refractivity contribution < 1.29 is 14.4 Å². The summed E-state index contributed by atoms with van der Waals surface area (Å²) in [5, 5.41) is 6.98. The van der Waals surface area contributed by atoms with Crippen LogP contribution in [0.25, 0.3) is 0 Å². The average molecular weight is 368 g/mol. The first kappa shape index (κ1) is 17.2. The molecule has 0 unspecified atom stereocenters. The number of urea groups is 1. The molecule has 9 heteroatoms. The fourth-order valence-corrected chi connectivity index (χ4v) is 3.31.